The smallest absolute Gasteiger partial charge is 0.326 e. The number of carbonyl (C=O) groups is 11. The highest BCUT2D eigenvalue weighted by molar-refractivity contribution is 6.20. The zero-order valence-electron chi connectivity index (χ0n) is 50.9. The van der Waals surface area contributed by atoms with Crippen molar-refractivity contribution in [2.24, 2.45) is 35.5 Å². The molecule has 0 aliphatic carbocycles. The molecule has 1 saturated heterocycles. The number of imide groups is 2. The van der Waals surface area contributed by atoms with Crippen LogP contribution in [0.5, 0.6) is 0 Å². The van der Waals surface area contributed by atoms with Gasteiger partial charge in [0.2, 0.25) is 41.4 Å². The van der Waals surface area contributed by atoms with E-state index in [1.165, 1.54) is 68.1 Å². The van der Waals surface area contributed by atoms with E-state index in [0.29, 0.717) is 0 Å². The highest BCUT2D eigenvalue weighted by atomic mass is 35.5. The van der Waals surface area contributed by atoms with Crippen LogP contribution in [-0.4, -0.2) is 220 Å². The number of likely N-dealkylation sites (N-methyl/N-ethyl adjacent to an activating group) is 7. The number of aliphatic hydroxyl groups is 1. The Morgan fingerprint density at radius 2 is 0.949 bits per heavy atom. The maximum Gasteiger partial charge on any atom is 0.326 e. The normalized spacial score (nSPS) is 26.7. The zero-order valence-corrected chi connectivity index (χ0v) is 51.6. The van der Waals surface area contributed by atoms with Gasteiger partial charge in [0, 0.05) is 49.3 Å². The number of nitrogens with one attached hydrogen (secondary N) is 4. The SMILES string of the molecule is C/C=C/C[C@@H](C)[C@@H](O)C1C(=O)NC(=O)N(C)C(CCl)C(=O)N(C)[C@@H](CC(C)C)C(=O)N[C@H](C(C)C)C(=O)N(C)[C@H](CC(C)C)C(=O)N[C@H](C)C(=O)N[C@H](C)C(=O)N(C)[C@H](CC(C)C)C(=O)N(C)C(=O)N(C)[C@@H](C(C)C)C(=O)N1C. The molecule has 450 valence electrons. The van der Waals surface area contributed by atoms with Crippen molar-refractivity contribution in [2.75, 3.05) is 55.2 Å². The van der Waals surface area contributed by atoms with Gasteiger partial charge in [-0.05, 0) is 82.0 Å². The number of hydrogen-bond donors (Lipinski definition) is 5. The van der Waals surface area contributed by atoms with Crippen molar-refractivity contribution in [1.82, 2.24) is 55.6 Å². The lowest BCUT2D eigenvalue weighted by Gasteiger charge is -2.40. The molecule has 0 radical (unpaired) electrons. The monoisotopic (exact) mass is 1140 g/mol. The summed E-state index contributed by atoms with van der Waals surface area (Å²) in [6, 6.07) is -14.2. The van der Waals surface area contributed by atoms with Crippen molar-refractivity contribution in [1.29, 1.82) is 0 Å². The van der Waals surface area contributed by atoms with E-state index in [9.17, 15) is 57.8 Å². The molecule has 1 aliphatic rings. The maximum atomic E-state index is 14.8. The van der Waals surface area contributed by atoms with E-state index in [-0.39, 0.29) is 43.4 Å². The van der Waals surface area contributed by atoms with Gasteiger partial charge in [0.15, 0.2) is 0 Å². The quantitative estimate of drug-likeness (QED) is 0.132. The molecule has 79 heavy (non-hydrogen) atoms. The van der Waals surface area contributed by atoms with Crippen molar-refractivity contribution >= 4 is 76.8 Å². The van der Waals surface area contributed by atoms with Gasteiger partial charge in [-0.25, -0.2) is 9.59 Å². The number of halogens is 1. The molecule has 13 amide bonds. The van der Waals surface area contributed by atoms with Gasteiger partial charge in [0.1, 0.15) is 54.4 Å². The van der Waals surface area contributed by atoms with Crippen LogP contribution in [0.2, 0.25) is 0 Å². The molecule has 23 nitrogen and oxygen atoms in total. The minimum atomic E-state index is -1.78. The zero-order chi connectivity index (χ0) is 61.4. The number of alkyl halides is 1. The molecule has 11 atom stereocenters. The van der Waals surface area contributed by atoms with E-state index in [2.05, 4.69) is 21.3 Å². The summed E-state index contributed by atoms with van der Waals surface area (Å²) < 4.78 is 0. The predicted octanol–water partition coefficient (Wildman–Crippen LogP) is 2.87. The molecule has 1 heterocycles. The third-order valence-corrected chi connectivity index (χ3v) is 14.8. The van der Waals surface area contributed by atoms with Crippen LogP contribution in [0.4, 0.5) is 9.59 Å². The van der Waals surface area contributed by atoms with Crippen LogP contribution in [0.1, 0.15) is 123 Å². The molecule has 0 bridgehead atoms. The molecule has 1 rings (SSSR count). The fourth-order valence-electron chi connectivity index (χ4n) is 9.43. The number of hydrogen-bond acceptors (Lipinski definition) is 12. The number of allylic oxidation sites excluding steroid dienone is 2. The second-order valence-electron chi connectivity index (χ2n) is 23.2. The molecule has 0 spiro atoms. The van der Waals surface area contributed by atoms with E-state index in [0.717, 1.165) is 29.4 Å². The predicted molar refractivity (Wildman–Crippen MR) is 302 cm³/mol. The first kappa shape index (κ1) is 71.2. The van der Waals surface area contributed by atoms with Gasteiger partial charge in [0.05, 0.1) is 12.0 Å². The molecule has 5 N–H and O–H groups in total. The number of urea groups is 2. The Labute approximate surface area is 474 Å². The van der Waals surface area contributed by atoms with Crippen molar-refractivity contribution < 1.29 is 57.8 Å². The minimum absolute atomic E-state index is 0.0681. The van der Waals surface area contributed by atoms with Crippen LogP contribution in [0.25, 0.3) is 0 Å². The second kappa shape index (κ2) is 31.8. The summed E-state index contributed by atoms with van der Waals surface area (Å²) in [5.41, 5.74) is 0. The van der Waals surface area contributed by atoms with Gasteiger partial charge < -0.3 is 50.5 Å². The Balaban J connectivity index is 4.26. The number of aliphatic hydroxyl groups excluding tert-OH is 1. The van der Waals surface area contributed by atoms with Gasteiger partial charge in [-0.3, -0.25) is 53.4 Å². The van der Waals surface area contributed by atoms with Crippen LogP contribution in [0.15, 0.2) is 12.2 Å². The van der Waals surface area contributed by atoms with Crippen LogP contribution in [-0.2, 0) is 43.2 Å². The highest BCUT2D eigenvalue weighted by Gasteiger charge is 2.45. The Bertz CT molecular complexity index is 2190. The van der Waals surface area contributed by atoms with Crippen LogP contribution in [0, 0.1) is 35.5 Å². The van der Waals surface area contributed by atoms with Gasteiger partial charge in [-0.15, -0.1) is 11.6 Å². The average Bonchev–Trinajstić information content (AvgIpc) is 3.36. The minimum Gasteiger partial charge on any atom is -0.390 e. The summed E-state index contributed by atoms with van der Waals surface area (Å²) in [5, 5.41) is 22.2. The summed E-state index contributed by atoms with van der Waals surface area (Å²) in [6.07, 6.45) is 2.40. The number of carbonyl (C=O) groups excluding carboxylic acids is 11. The standard InChI is InChI=1S/C55H96ClN11O12/c1-22-23-24-34(12)44(68)43-48(72)60-54(78)64(18)40(28-56)51(75)61(15)38(26-30(4)5)47(71)59-41(32(8)9)52(76)62(16)37(25-29(2)3)46(70)57-35(13)45(69)58-36(14)49(73)63(17)39(27-31(6)7)50(74)67(21)55(79)66(20)42(33(10)11)53(77)65(43)19/h22-23,29-44,68H,24-28H2,1-21H3,(H,57,70)(H,58,69)(H,59,71)(H,60,72,78)/b23-22+/t34-,35-,36-,37-,38+,39-,40?,41-,42+,43?,44-/m1/s1. The Morgan fingerprint density at radius 1 is 0.494 bits per heavy atom. The number of nitrogens with zero attached hydrogens (tertiary/aromatic N) is 7. The number of amides is 13. The Morgan fingerprint density at radius 3 is 1.41 bits per heavy atom. The van der Waals surface area contributed by atoms with Crippen molar-refractivity contribution in [3.63, 3.8) is 0 Å². The van der Waals surface area contributed by atoms with E-state index in [1.54, 1.807) is 53.7 Å². The molecule has 0 aromatic carbocycles. The van der Waals surface area contributed by atoms with Gasteiger partial charge >= 0.3 is 12.1 Å². The summed E-state index contributed by atoms with van der Waals surface area (Å²) in [7, 11) is 9.01. The van der Waals surface area contributed by atoms with Crippen molar-refractivity contribution in [3.8, 4) is 0 Å². The summed E-state index contributed by atoms with van der Waals surface area (Å²) >= 11 is 6.42. The third kappa shape index (κ3) is 19.2. The summed E-state index contributed by atoms with van der Waals surface area (Å²) in [5.74, 6) is -10.2. The topological polar surface area (TPSA) is 279 Å². The van der Waals surface area contributed by atoms with Gasteiger partial charge in [-0.1, -0.05) is 88.3 Å². The van der Waals surface area contributed by atoms with Crippen LogP contribution < -0.4 is 21.3 Å². The lowest BCUT2D eigenvalue weighted by Crippen LogP contribution is -2.63. The molecule has 1 aliphatic heterocycles. The molecule has 0 aromatic rings. The van der Waals surface area contributed by atoms with Crippen LogP contribution >= 0.6 is 11.6 Å². The van der Waals surface area contributed by atoms with Crippen molar-refractivity contribution in [3.05, 3.63) is 12.2 Å². The molecule has 1 fully saturated rings. The van der Waals surface area contributed by atoms with E-state index >= 15 is 0 Å². The van der Waals surface area contributed by atoms with Crippen LogP contribution in [0.3, 0.4) is 0 Å². The largest absolute Gasteiger partial charge is 0.390 e. The molecule has 0 saturated carbocycles. The first-order chi connectivity index (χ1) is 36.4. The fraction of sp³-hybridized carbons (Fsp3) is 0.764. The summed E-state index contributed by atoms with van der Waals surface area (Å²) in [4.78, 5) is 165. The lowest BCUT2D eigenvalue weighted by molar-refractivity contribution is -0.149. The van der Waals surface area contributed by atoms with E-state index in [1.807, 2.05) is 41.5 Å². The average molecular weight is 1140 g/mol. The summed E-state index contributed by atoms with van der Waals surface area (Å²) in [6.45, 7) is 23.8. The number of rotatable bonds is 13. The highest BCUT2D eigenvalue weighted by Crippen LogP contribution is 2.24. The van der Waals surface area contributed by atoms with Gasteiger partial charge in [0.25, 0.3) is 11.8 Å². The van der Waals surface area contributed by atoms with E-state index < -0.39 is 149 Å². The Hall–Kier alpha value is -5.84. The van der Waals surface area contributed by atoms with E-state index in [4.69, 9.17) is 11.6 Å². The first-order valence-corrected chi connectivity index (χ1v) is 27.9. The lowest BCUT2D eigenvalue weighted by atomic mass is 9.92. The van der Waals surface area contributed by atoms with Crippen molar-refractivity contribution in [2.45, 2.75) is 183 Å². The molecule has 24 heteroatoms. The third-order valence-electron chi connectivity index (χ3n) is 14.5. The first-order valence-electron chi connectivity index (χ1n) is 27.4. The molecule has 0 aromatic heterocycles. The molecular formula is C55H96ClN11O12. The van der Waals surface area contributed by atoms with Gasteiger partial charge in [-0.2, -0.15) is 0 Å². The molecule has 2 unspecified atom stereocenters. The fourth-order valence-corrected chi connectivity index (χ4v) is 9.77. The maximum absolute atomic E-state index is 14.8. The Kier molecular flexibility index (Phi) is 28.7. The molecular weight excluding hydrogens is 1040 g/mol. The second-order valence-corrected chi connectivity index (χ2v) is 23.5.